The maximum absolute atomic E-state index is 12.6. The summed E-state index contributed by atoms with van der Waals surface area (Å²) in [5.41, 5.74) is 2.68. The van der Waals surface area contributed by atoms with Crippen molar-refractivity contribution in [2.24, 2.45) is 0 Å². The smallest absolute Gasteiger partial charge is 0.342 e. The number of hydrogen-bond acceptors (Lipinski definition) is 4. The molecule has 0 fully saturated rings. The van der Waals surface area contributed by atoms with Crippen molar-refractivity contribution in [2.75, 3.05) is 6.61 Å². The average Bonchev–Trinajstić information content (AvgIpc) is 2.79. The number of ether oxygens (including phenoxy) is 2. The Bertz CT molecular complexity index is 1030. The number of esters is 1. The van der Waals surface area contributed by atoms with E-state index in [1.807, 2.05) is 36.4 Å². The largest absolute Gasteiger partial charge is 0.456 e. The molecule has 0 bridgehead atoms. The predicted octanol–water partition coefficient (Wildman–Crippen LogP) is 4.83. The molecule has 1 amide bonds. The van der Waals surface area contributed by atoms with Gasteiger partial charge in [0.15, 0.2) is 6.61 Å². The Balaban J connectivity index is 1.37. The molecule has 0 heterocycles. The van der Waals surface area contributed by atoms with Crippen LogP contribution in [0.25, 0.3) is 0 Å². The number of rotatable bonds is 6. The number of nitrogens with one attached hydrogen (secondary N) is 1. The third-order valence-corrected chi connectivity index (χ3v) is 5.12. The molecule has 1 aliphatic rings. The van der Waals surface area contributed by atoms with E-state index in [9.17, 15) is 9.59 Å². The zero-order chi connectivity index (χ0) is 20.8. The van der Waals surface area contributed by atoms with E-state index in [2.05, 4.69) is 11.4 Å². The molecule has 0 radical (unpaired) electrons. The monoisotopic (exact) mass is 401 g/mol. The molecule has 3 aromatic carbocycles. The molecule has 1 unspecified atom stereocenters. The molecule has 1 N–H and O–H groups in total. The second kappa shape index (κ2) is 9.27. The third kappa shape index (κ3) is 4.69. The number of para-hydroxylation sites is 2. The molecule has 0 aromatic heterocycles. The summed E-state index contributed by atoms with van der Waals surface area (Å²) >= 11 is 0. The molecule has 5 heteroatoms. The van der Waals surface area contributed by atoms with Crippen LogP contribution in [0.1, 0.15) is 40.4 Å². The van der Waals surface area contributed by atoms with Gasteiger partial charge in [-0.3, -0.25) is 4.79 Å². The normalized spacial score (nSPS) is 15.0. The van der Waals surface area contributed by atoms with E-state index in [-0.39, 0.29) is 24.1 Å². The lowest BCUT2D eigenvalue weighted by Crippen LogP contribution is -2.34. The summed E-state index contributed by atoms with van der Waals surface area (Å²) in [6.07, 6.45) is 2.92. The molecule has 152 valence electrons. The Labute approximate surface area is 175 Å². The minimum Gasteiger partial charge on any atom is -0.456 e. The summed E-state index contributed by atoms with van der Waals surface area (Å²) in [5, 5.41) is 2.99. The quantitative estimate of drug-likeness (QED) is 0.601. The highest BCUT2D eigenvalue weighted by atomic mass is 16.5. The number of aryl methyl sites for hydroxylation is 1. The molecule has 0 saturated heterocycles. The molecule has 0 aliphatic heterocycles. The van der Waals surface area contributed by atoms with Gasteiger partial charge in [0, 0.05) is 0 Å². The Kier molecular flexibility index (Phi) is 6.09. The van der Waals surface area contributed by atoms with E-state index < -0.39 is 5.97 Å². The standard InChI is InChI=1S/C25H23NO4/c27-24(26-22-15-8-10-18-9-4-5-13-20(18)22)17-29-25(28)21-14-6-7-16-23(21)30-19-11-2-1-3-12-19/h1-7,9,11-14,16,22H,8,10,15,17H2,(H,26,27). The highest BCUT2D eigenvalue weighted by Crippen LogP contribution is 2.29. The molecule has 1 aliphatic carbocycles. The van der Waals surface area contributed by atoms with Crippen LogP contribution in [0.2, 0.25) is 0 Å². The van der Waals surface area contributed by atoms with Gasteiger partial charge in [-0.1, -0.05) is 54.6 Å². The van der Waals surface area contributed by atoms with E-state index >= 15 is 0 Å². The van der Waals surface area contributed by atoms with Gasteiger partial charge in [0.1, 0.15) is 17.1 Å². The number of amides is 1. The Hall–Kier alpha value is -3.60. The third-order valence-electron chi connectivity index (χ3n) is 5.12. The van der Waals surface area contributed by atoms with Gasteiger partial charge in [-0.25, -0.2) is 4.79 Å². The van der Waals surface area contributed by atoms with Crippen LogP contribution in [-0.2, 0) is 16.0 Å². The number of fused-ring (bicyclic) bond motifs is 1. The molecular weight excluding hydrogens is 378 g/mol. The number of carbonyl (C=O) groups excluding carboxylic acids is 2. The Morgan fingerprint density at radius 3 is 2.50 bits per heavy atom. The lowest BCUT2D eigenvalue weighted by Gasteiger charge is -2.26. The van der Waals surface area contributed by atoms with Gasteiger partial charge in [-0.15, -0.1) is 0 Å². The maximum Gasteiger partial charge on any atom is 0.342 e. The first-order valence-corrected chi connectivity index (χ1v) is 10.1. The van der Waals surface area contributed by atoms with Crippen molar-refractivity contribution in [3.8, 4) is 11.5 Å². The first-order chi connectivity index (χ1) is 14.7. The second-order valence-electron chi connectivity index (χ2n) is 7.20. The summed E-state index contributed by atoms with van der Waals surface area (Å²) in [5.74, 6) is 0.0917. The van der Waals surface area contributed by atoms with Crippen molar-refractivity contribution in [2.45, 2.75) is 25.3 Å². The number of carbonyl (C=O) groups is 2. The highest BCUT2D eigenvalue weighted by molar-refractivity contribution is 5.94. The van der Waals surface area contributed by atoms with Gasteiger partial charge >= 0.3 is 5.97 Å². The van der Waals surface area contributed by atoms with Gasteiger partial charge in [-0.05, 0) is 54.7 Å². The van der Waals surface area contributed by atoms with E-state index in [4.69, 9.17) is 9.47 Å². The van der Waals surface area contributed by atoms with Crippen molar-refractivity contribution in [3.63, 3.8) is 0 Å². The molecule has 1 atom stereocenters. The summed E-state index contributed by atoms with van der Waals surface area (Å²) in [6, 6.07) is 24.1. The van der Waals surface area contributed by atoms with Crippen LogP contribution in [0.4, 0.5) is 0 Å². The van der Waals surface area contributed by atoms with Crippen LogP contribution < -0.4 is 10.1 Å². The molecule has 5 nitrogen and oxygen atoms in total. The van der Waals surface area contributed by atoms with Gasteiger partial charge in [-0.2, -0.15) is 0 Å². The summed E-state index contributed by atoms with van der Waals surface area (Å²) in [4.78, 5) is 25.0. The summed E-state index contributed by atoms with van der Waals surface area (Å²) in [6.45, 7) is -0.336. The molecule has 0 saturated carbocycles. The molecule has 0 spiro atoms. The van der Waals surface area contributed by atoms with Gasteiger partial charge in [0.25, 0.3) is 5.91 Å². The number of benzene rings is 3. The maximum atomic E-state index is 12.6. The van der Waals surface area contributed by atoms with Crippen molar-refractivity contribution in [1.82, 2.24) is 5.32 Å². The highest BCUT2D eigenvalue weighted by Gasteiger charge is 2.22. The summed E-state index contributed by atoms with van der Waals surface area (Å²) in [7, 11) is 0. The van der Waals surface area contributed by atoms with E-state index in [0.717, 1.165) is 24.8 Å². The van der Waals surface area contributed by atoms with Crippen LogP contribution in [-0.4, -0.2) is 18.5 Å². The van der Waals surface area contributed by atoms with Crippen molar-refractivity contribution in [1.29, 1.82) is 0 Å². The van der Waals surface area contributed by atoms with E-state index in [1.54, 1.807) is 36.4 Å². The second-order valence-corrected chi connectivity index (χ2v) is 7.20. The van der Waals surface area contributed by atoms with Crippen LogP contribution in [0.15, 0.2) is 78.9 Å². The Morgan fingerprint density at radius 1 is 0.900 bits per heavy atom. The molecular formula is C25H23NO4. The SMILES string of the molecule is O=C(COC(=O)c1ccccc1Oc1ccccc1)NC1CCCc2ccccc21. The first-order valence-electron chi connectivity index (χ1n) is 10.1. The van der Waals surface area contributed by atoms with Crippen molar-refractivity contribution in [3.05, 3.63) is 95.6 Å². The van der Waals surface area contributed by atoms with Gasteiger partial charge in [0.2, 0.25) is 0 Å². The molecule has 30 heavy (non-hydrogen) atoms. The lowest BCUT2D eigenvalue weighted by molar-refractivity contribution is -0.125. The van der Waals surface area contributed by atoms with Crippen LogP contribution in [0.3, 0.4) is 0 Å². The first kappa shape index (κ1) is 19.7. The van der Waals surface area contributed by atoms with E-state index in [0.29, 0.717) is 11.5 Å². The lowest BCUT2D eigenvalue weighted by atomic mass is 9.88. The topological polar surface area (TPSA) is 64.6 Å². The fourth-order valence-electron chi connectivity index (χ4n) is 3.69. The zero-order valence-corrected chi connectivity index (χ0v) is 16.5. The zero-order valence-electron chi connectivity index (χ0n) is 16.5. The molecule has 3 aromatic rings. The van der Waals surface area contributed by atoms with Crippen molar-refractivity contribution < 1.29 is 19.1 Å². The van der Waals surface area contributed by atoms with Crippen molar-refractivity contribution >= 4 is 11.9 Å². The van der Waals surface area contributed by atoms with Crippen LogP contribution in [0.5, 0.6) is 11.5 Å². The fourth-order valence-corrected chi connectivity index (χ4v) is 3.69. The Morgan fingerprint density at radius 2 is 1.63 bits per heavy atom. The predicted molar refractivity (Wildman–Crippen MR) is 114 cm³/mol. The minimum absolute atomic E-state index is 0.0464. The average molecular weight is 401 g/mol. The van der Waals surface area contributed by atoms with Gasteiger partial charge < -0.3 is 14.8 Å². The molecule has 4 rings (SSSR count). The van der Waals surface area contributed by atoms with Crippen LogP contribution in [0, 0.1) is 0 Å². The van der Waals surface area contributed by atoms with E-state index in [1.165, 1.54) is 5.56 Å². The fraction of sp³-hybridized carbons (Fsp3) is 0.200. The van der Waals surface area contributed by atoms with Crippen LogP contribution >= 0.6 is 0 Å². The minimum atomic E-state index is -0.597. The summed E-state index contributed by atoms with van der Waals surface area (Å²) < 4.78 is 11.1. The van der Waals surface area contributed by atoms with Gasteiger partial charge in [0.05, 0.1) is 6.04 Å². The number of hydrogen-bond donors (Lipinski definition) is 1.